The highest BCUT2D eigenvalue weighted by molar-refractivity contribution is 7.92. The maximum absolute atomic E-state index is 13.2. The lowest BCUT2D eigenvalue weighted by molar-refractivity contribution is 0.101. The molecule has 11 heteroatoms. The van der Waals surface area contributed by atoms with Gasteiger partial charge in [0.1, 0.15) is 22.2 Å². The first-order chi connectivity index (χ1) is 19.0. The van der Waals surface area contributed by atoms with Crippen molar-refractivity contribution < 1.29 is 18.3 Å². The third-order valence-corrected chi connectivity index (χ3v) is 8.14. The molecular formula is C29H33N5O5S. The molecule has 2 N–H and O–H groups in total. The normalized spacial score (nSPS) is 12.3. The van der Waals surface area contributed by atoms with Crippen LogP contribution in [-0.4, -0.2) is 23.9 Å². The first kappa shape index (κ1) is 30.2. The third kappa shape index (κ3) is 6.82. The van der Waals surface area contributed by atoms with Crippen LogP contribution >= 0.6 is 0 Å². The fourth-order valence-electron chi connectivity index (χ4n) is 4.26. The summed E-state index contributed by atoms with van der Waals surface area (Å²) in [6.45, 7) is 7.20. The van der Waals surface area contributed by atoms with Crippen molar-refractivity contribution in [2.45, 2.75) is 64.8 Å². The summed E-state index contributed by atoms with van der Waals surface area (Å²) in [5.41, 5.74) is -0.00881. The van der Waals surface area contributed by atoms with Crippen LogP contribution in [0.5, 0.6) is 5.88 Å². The molecule has 210 valence electrons. The van der Waals surface area contributed by atoms with Crippen molar-refractivity contribution in [1.82, 2.24) is 4.57 Å². The second-order valence-corrected chi connectivity index (χ2v) is 11.2. The quantitative estimate of drug-likeness (QED) is 0.193. The van der Waals surface area contributed by atoms with Crippen LogP contribution in [0.1, 0.15) is 67.9 Å². The number of aromatic nitrogens is 1. The number of carbonyl (C=O) groups is 1. The Morgan fingerprint density at radius 1 is 1.12 bits per heavy atom. The van der Waals surface area contributed by atoms with Crippen molar-refractivity contribution in [2.75, 3.05) is 4.72 Å². The van der Waals surface area contributed by atoms with Gasteiger partial charge in [0.2, 0.25) is 5.88 Å². The van der Waals surface area contributed by atoms with E-state index in [9.17, 15) is 28.4 Å². The molecule has 10 nitrogen and oxygen atoms in total. The molecule has 0 bridgehead atoms. The predicted octanol–water partition coefficient (Wildman–Crippen LogP) is 6.37. The van der Waals surface area contributed by atoms with E-state index in [1.165, 1.54) is 56.3 Å². The molecule has 3 aromatic rings. The van der Waals surface area contributed by atoms with Crippen molar-refractivity contribution in [1.29, 1.82) is 5.26 Å². The summed E-state index contributed by atoms with van der Waals surface area (Å²) in [5.74, 6) is -0.455. The molecule has 1 heterocycles. The van der Waals surface area contributed by atoms with Crippen LogP contribution in [0.4, 0.5) is 17.1 Å². The number of ketones is 1. The van der Waals surface area contributed by atoms with Gasteiger partial charge in [0.05, 0.1) is 0 Å². The number of hydrogen-bond donors (Lipinski definition) is 2. The van der Waals surface area contributed by atoms with E-state index in [2.05, 4.69) is 21.9 Å². The maximum Gasteiger partial charge on any atom is 0.271 e. The van der Waals surface area contributed by atoms with E-state index in [1.54, 1.807) is 6.07 Å². The van der Waals surface area contributed by atoms with Gasteiger partial charge in [-0.2, -0.15) is 5.26 Å². The highest BCUT2D eigenvalue weighted by Gasteiger charge is 2.22. The monoisotopic (exact) mass is 563 g/mol. The molecule has 1 atom stereocenters. The van der Waals surface area contributed by atoms with Crippen LogP contribution in [0.2, 0.25) is 0 Å². The molecule has 1 unspecified atom stereocenters. The second-order valence-electron chi connectivity index (χ2n) is 9.52. The Balaban J connectivity index is 2.02. The number of Topliss-reactive ketones (excluding diaryl/α,β-unsaturated/α-hetero) is 1. The minimum atomic E-state index is -4.12. The van der Waals surface area contributed by atoms with E-state index in [1.807, 2.05) is 13.0 Å². The van der Waals surface area contributed by atoms with Gasteiger partial charge in [-0.15, -0.1) is 10.2 Å². The average Bonchev–Trinajstić information content (AvgIpc) is 2.93. The van der Waals surface area contributed by atoms with E-state index in [-0.39, 0.29) is 51.3 Å². The number of hydrogen-bond acceptors (Lipinski definition) is 8. The third-order valence-electron chi connectivity index (χ3n) is 6.71. The van der Waals surface area contributed by atoms with E-state index in [0.29, 0.717) is 5.56 Å². The minimum absolute atomic E-state index is 0.0141. The Labute approximate surface area is 234 Å². The molecule has 1 aromatic heterocycles. The van der Waals surface area contributed by atoms with Gasteiger partial charge < -0.3 is 5.11 Å². The SMILES string of the molecule is CCCCC(CC)Cn1c(O)c(/N=N/c2ccccc2S(=O)(=O)Nc2ccc(C(C)=O)cc2)c(C)c(C#N)c1=O. The molecule has 0 amide bonds. The molecule has 0 aliphatic carbocycles. The van der Waals surface area contributed by atoms with Gasteiger partial charge in [0.25, 0.3) is 15.6 Å². The number of unbranched alkanes of at least 4 members (excludes halogenated alkanes) is 1. The van der Waals surface area contributed by atoms with Gasteiger partial charge in [-0.3, -0.25) is 18.9 Å². The zero-order chi connectivity index (χ0) is 29.4. The minimum Gasteiger partial charge on any atom is -0.493 e. The van der Waals surface area contributed by atoms with Crippen LogP contribution in [0.25, 0.3) is 0 Å². The fraction of sp³-hybridized carbons (Fsp3) is 0.345. The van der Waals surface area contributed by atoms with Gasteiger partial charge in [0, 0.05) is 23.4 Å². The fourth-order valence-corrected chi connectivity index (χ4v) is 5.45. The van der Waals surface area contributed by atoms with Gasteiger partial charge in [-0.05, 0) is 62.6 Å². The first-order valence-corrected chi connectivity index (χ1v) is 14.5. The Bertz CT molecular complexity index is 1620. The molecule has 0 fully saturated rings. The standard InChI is InChI=1S/C29H33N5O5S/c1-5-7-10-21(6-2)18-34-28(36)24(17-30)19(3)27(29(34)37)32-31-25-11-8-9-12-26(25)40(38,39)33-23-15-13-22(14-16-23)20(4)35/h8-9,11-16,21,33,37H,5-7,10,18H2,1-4H3/b32-31+. The first-order valence-electron chi connectivity index (χ1n) is 13.0. The lowest BCUT2D eigenvalue weighted by atomic mass is 9.99. The van der Waals surface area contributed by atoms with Crippen molar-refractivity contribution in [3.63, 3.8) is 0 Å². The number of benzene rings is 2. The summed E-state index contributed by atoms with van der Waals surface area (Å²) in [7, 11) is -4.12. The molecule has 0 saturated carbocycles. The number of sulfonamides is 1. The lowest BCUT2D eigenvalue weighted by Crippen LogP contribution is -2.27. The number of carbonyl (C=O) groups excluding carboxylic acids is 1. The molecule has 3 rings (SSSR count). The highest BCUT2D eigenvalue weighted by atomic mass is 32.2. The van der Waals surface area contributed by atoms with Gasteiger partial charge in [-0.25, -0.2) is 8.42 Å². The zero-order valence-corrected chi connectivity index (χ0v) is 23.8. The van der Waals surface area contributed by atoms with Crippen molar-refractivity contribution in [3.8, 4) is 11.9 Å². The summed E-state index contributed by atoms with van der Waals surface area (Å²) in [6, 6.07) is 13.8. The second kappa shape index (κ2) is 13.2. The highest BCUT2D eigenvalue weighted by Crippen LogP contribution is 2.34. The number of aromatic hydroxyl groups is 1. The van der Waals surface area contributed by atoms with Crippen LogP contribution in [0, 0.1) is 24.2 Å². The number of nitrogens with zero attached hydrogens (tertiary/aromatic N) is 4. The number of pyridine rings is 1. The summed E-state index contributed by atoms with van der Waals surface area (Å²) >= 11 is 0. The molecular weight excluding hydrogens is 530 g/mol. The summed E-state index contributed by atoms with van der Waals surface area (Å²) in [5, 5.41) is 29.0. The summed E-state index contributed by atoms with van der Waals surface area (Å²) in [4.78, 5) is 24.4. The lowest BCUT2D eigenvalue weighted by Gasteiger charge is -2.19. The number of anilines is 1. The molecule has 0 aliphatic rings. The summed E-state index contributed by atoms with van der Waals surface area (Å²) < 4.78 is 30.0. The smallest absolute Gasteiger partial charge is 0.271 e. The van der Waals surface area contributed by atoms with Crippen LogP contribution < -0.4 is 10.3 Å². The molecule has 2 aromatic carbocycles. The number of rotatable bonds is 12. The zero-order valence-electron chi connectivity index (χ0n) is 23.0. The molecule has 40 heavy (non-hydrogen) atoms. The van der Waals surface area contributed by atoms with Crippen LogP contribution in [0.15, 0.2) is 68.4 Å². The van der Waals surface area contributed by atoms with Gasteiger partial charge in [-0.1, -0.05) is 45.2 Å². The van der Waals surface area contributed by atoms with Crippen molar-refractivity contribution >= 4 is 32.9 Å². The number of azo groups is 1. The van der Waals surface area contributed by atoms with Crippen molar-refractivity contribution in [3.05, 3.63) is 75.6 Å². The Morgan fingerprint density at radius 2 is 1.80 bits per heavy atom. The van der Waals surface area contributed by atoms with E-state index in [0.717, 1.165) is 30.3 Å². The van der Waals surface area contributed by atoms with E-state index >= 15 is 0 Å². The van der Waals surface area contributed by atoms with E-state index in [4.69, 9.17) is 0 Å². The Hall–Kier alpha value is -4.30. The number of nitriles is 1. The Kier molecular flexibility index (Phi) is 9.96. The van der Waals surface area contributed by atoms with Crippen molar-refractivity contribution in [2.24, 2.45) is 16.1 Å². The Morgan fingerprint density at radius 3 is 2.40 bits per heavy atom. The maximum atomic E-state index is 13.2. The predicted molar refractivity (Wildman–Crippen MR) is 153 cm³/mol. The van der Waals surface area contributed by atoms with Gasteiger partial charge >= 0.3 is 0 Å². The molecule has 0 saturated heterocycles. The summed E-state index contributed by atoms with van der Waals surface area (Å²) in [6.07, 6.45) is 3.61. The molecule has 0 spiro atoms. The average molecular weight is 564 g/mol. The van der Waals surface area contributed by atoms with Gasteiger partial charge in [0.15, 0.2) is 11.5 Å². The largest absolute Gasteiger partial charge is 0.493 e. The van der Waals surface area contributed by atoms with Crippen LogP contribution in [0.3, 0.4) is 0 Å². The topological polar surface area (TPSA) is 154 Å². The number of nitrogens with one attached hydrogen (secondary N) is 1. The van der Waals surface area contributed by atoms with E-state index < -0.39 is 21.5 Å². The molecule has 0 radical (unpaired) electrons. The molecule has 0 aliphatic heterocycles. The van der Waals surface area contributed by atoms with Crippen LogP contribution in [-0.2, 0) is 16.6 Å².